The number of amides is 2. The van der Waals surface area contributed by atoms with Crippen LogP contribution in [-0.4, -0.2) is 34.5 Å². The van der Waals surface area contributed by atoms with E-state index in [9.17, 15) is 31.9 Å². The third-order valence-electron chi connectivity index (χ3n) is 5.38. The predicted octanol–water partition coefficient (Wildman–Crippen LogP) is 6.15. The molecule has 2 amide bonds. The average Bonchev–Trinajstić information content (AvgIpc) is 3.24. The van der Waals surface area contributed by atoms with Crippen molar-refractivity contribution in [1.29, 1.82) is 0 Å². The number of alkyl halides is 3. The van der Waals surface area contributed by atoms with E-state index in [1.807, 2.05) is 0 Å². The highest BCUT2D eigenvalue weighted by molar-refractivity contribution is 8.00. The summed E-state index contributed by atoms with van der Waals surface area (Å²) in [6.07, 6.45) is 1.32. The van der Waals surface area contributed by atoms with Crippen molar-refractivity contribution in [3.8, 4) is 0 Å². The summed E-state index contributed by atoms with van der Waals surface area (Å²) >= 11 is -0.285. The summed E-state index contributed by atoms with van der Waals surface area (Å²) in [4.78, 5) is 37.6. The molecule has 0 unspecified atom stereocenters. The van der Waals surface area contributed by atoms with Gasteiger partial charge in [0.25, 0.3) is 5.91 Å². The van der Waals surface area contributed by atoms with Crippen molar-refractivity contribution in [2.75, 3.05) is 17.2 Å². The fourth-order valence-corrected chi connectivity index (χ4v) is 4.24. The molecule has 0 aliphatic rings. The number of carbonyl (C=O) groups is 3. The van der Waals surface area contributed by atoms with Crippen LogP contribution in [0, 0.1) is 5.82 Å². The zero-order valence-electron chi connectivity index (χ0n) is 20.3. The molecular weight excluding hydrogens is 576 g/mol. The molecule has 0 spiro atoms. The van der Waals surface area contributed by atoms with Crippen molar-refractivity contribution in [3.63, 3.8) is 0 Å². The molecule has 0 radical (unpaired) electrons. The van der Waals surface area contributed by atoms with E-state index in [1.54, 1.807) is 18.2 Å². The first-order valence-corrected chi connectivity index (χ1v) is 12.1. The van der Waals surface area contributed by atoms with Gasteiger partial charge >= 0.3 is 17.5 Å². The molecule has 210 valence electrons. The number of hydrogen-bond acceptors (Lipinski definition) is 6. The largest absolute Gasteiger partial charge is 0.460 e. The van der Waals surface area contributed by atoms with Crippen molar-refractivity contribution in [3.05, 3.63) is 89.9 Å². The Morgan fingerprint density at radius 1 is 0.975 bits per heavy atom. The van der Waals surface area contributed by atoms with E-state index in [0.29, 0.717) is 11.1 Å². The van der Waals surface area contributed by atoms with Gasteiger partial charge in [0.2, 0.25) is 0 Å². The van der Waals surface area contributed by atoms with Crippen LogP contribution in [0.3, 0.4) is 0 Å². The number of carbonyl (C=O) groups excluding carboxylic acids is 3. The number of halogens is 5. The van der Waals surface area contributed by atoms with Crippen LogP contribution in [-0.2, 0) is 16.1 Å². The minimum atomic E-state index is -4.44. The lowest BCUT2D eigenvalue weighted by atomic mass is 10.1. The quantitative estimate of drug-likeness (QED) is 0.134. The standard InChI is InChI=1S/C26H20F4N4O4S.ClH/c27-16-5-10-22-20(11-16)21(33-25(37)32-17-6-8-18(9-7-17)39-26(28,29)30)13-34(22)24(36)19-4-2-1-3-15(19)14-38-23(35)12-31;/h1-11,13H,12,14,31H2,(H2,32,33,37);1H. The molecule has 3 aromatic carbocycles. The highest BCUT2D eigenvalue weighted by atomic mass is 35.5. The zero-order chi connectivity index (χ0) is 28.2. The predicted molar refractivity (Wildman–Crippen MR) is 145 cm³/mol. The van der Waals surface area contributed by atoms with Crippen LogP contribution >= 0.6 is 24.2 Å². The second-order valence-electron chi connectivity index (χ2n) is 8.05. The highest BCUT2D eigenvalue weighted by Crippen LogP contribution is 2.37. The number of thioether (sulfide) groups is 1. The first-order chi connectivity index (χ1) is 18.5. The van der Waals surface area contributed by atoms with Crippen LogP contribution in [0.1, 0.15) is 15.9 Å². The van der Waals surface area contributed by atoms with E-state index in [2.05, 4.69) is 10.6 Å². The first kappa shape index (κ1) is 30.5. The number of esters is 1. The summed E-state index contributed by atoms with van der Waals surface area (Å²) in [7, 11) is 0. The maximum absolute atomic E-state index is 14.1. The van der Waals surface area contributed by atoms with E-state index >= 15 is 0 Å². The van der Waals surface area contributed by atoms with Crippen LogP contribution in [0.4, 0.5) is 33.7 Å². The Hall–Kier alpha value is -4.07. The van der Waals surface area contributed by atoms with Gasteiger partial charge in [-0.3, -0.25) is 14.2 Å². The molecule has 4 aromatic rings. The molecule has 40 heavy (non-hydrogen) atoms. The van der Waals surface area contributed by atoms with Crippen LogP contribution in [0.2, 0.25) is 0 Å². The van der Waals surface area contributed by atoms with Crippen LogP contribution < -0.4 is 16.4 Å². The Labute approximate surface area is 235 Å². The topological polar surface area (TPSA) is 115 Å². The molecule has 14 heteroatoms. The Morgan fingerprint density at radius 3 is 2.35 bits per heavy atom. The van der Waals surface area contributed by atoms with Gasteiger partial charge in [0.15, 0.2) is 0 Å². The van der Waals surface area contributed by atoms with Crippen molar-refractivity contribution in [1.82, 2.24) is 4.57 Å². The Kier molecular flexibility index (Phi) is 9.79. The van der Waals surface area contributed by atoms with E-state index in [0.717, 1.165) is 12.1 Å². The monoisotopic (exact) mass is 596 g/mol. The SMILES string of the molecule is Cl.NCC(=O)OCc1ccccc1C(=O)n1cc(NC(=O)Nc2ccc(SC(F)(F)F)cc2)c2cc(F)ccc21. The van der Waals surface area contributed by atoms with Gasteiger partial charge in [-0.2, -0.15) is 13.2 Å². The number of fused-ring (bicyclic) bond motifs is 1. The number of benzene rings is 3. The third kappa shape index (κ3) is 7.52. The zero-order valence-corrected chi connectivity index (χ0v) is 22.0. The van der Waals surface area contributed by atoms with Crippen molar-refractivity contribution in [2.45, 2.75) is 17.0 Å². The Balaban J connectivity index is 0.00000441. The minimum absolute atomic E-state index is 0. The van der Waals surface area contributed by atoms with Crippen molar-refractivity contribution < 1.29 is 36.7 Å². The summed E-state index contributed by atoms with van der Waals surface area (Å²) in [5, 5.41) is 5.25. The normalized spacial score (nSPS) is 11.0. The number of nitrogens with zero attached hydrogens (tertiary/aromatic N) is 1. The molecule has 4 rings (SSSR count). The molecule has 0 saturated heterocycles. The van der Waals surface area contributed by atoms with Gasteiger partial charge in [0.05, 0.1) is 17.7 Å². The average molecular weight is 597 g/mol. The fourth-order valence-electron chi connectivity index (χ4n) is 3.70. The molecule has 0 aliphatic heterocycles. The Bertz CT molecular complexity index is 1540. The second kappa shape index (κ2) is 12.9. The number of ether oxygens (including phenoxy) is 1. The maximum Gasteiger partial charge on any atom is 0.446 e. The number of hydrogen-bond donors (Lipinski definition) is 3. The van der Waals surface area contributed by atoms with E-state index in [4.69, 9.17) is 10.5 Å². The molecule has 0 aliphatic carbocycles. The molecule has 0 bridgehead atoms. The van der Waals surface area contributed by atoms with Crippen LogP contribution in [0.5, 0.6) is 0 Å². The molecular formula is C26H21ClF4N4O4S. The molecule has 1 heterocycles. The number of nitrogens with one attached hydrogen (secondary N) is 2. The summed E-state index contributed by atoms with van der Waals surface area (Å²) in [5.41, 5.74) is 2.04. The minimum Gasteiger partial charge on any atom is -0.460 e. The van der Waals surface area contributed by atoms with Gasteiger partial charge < -0.3 is 21.1 Å². The number of anilines is 2. The summed E-state index contributed by atoms with van der Waals surface area (Å²) in [6.45, 7) is -0.517. The van der Waals surface area contributed by atoms with Gasteiger partial charge in [0, 0.05) is 33.3 Å². The number of nitrogens with two attached hydrogens (primary N) is 1. The van der Waals surface area contributed by atoms with Gasteiger partial charge in [0.1, 0.15) is 12.4 Å². The van der Waals surface area contributed by atoms with Crippen molar-refractivity contribution in [2.24, 2.45) is 5.73 Å². The van der Waals surface area contributed by atoms with Gasteiger partial charge in [-0.15, -0.1) is 12.4 Å². The lowest BCUT2D eigenvalue weighted by Gasteiger charge is -2.10. The molecule has 1 aromatic heterocycles. The summed E-state index contributed by atoms with van der Waals surface area (Å²) < 4.78 is 58.0. The van der Waals surface area contributed by atoms with Gasteiger partial charge in [-0.25, -0.2) is 9.18 Å². The number of rotatable bonds is 7. The highest BCUT2D eigenvalue weighted by Gasteiger charge is 2.29. The molecule has 0 saturated carbocycles. The number of urea groups is 1. The van der Waals surface area contributed by atoms with E-state index in [-0.39, 0.29) is 64.5 Å². The Morgan fingerprint density at radius 2 is 1.68 bits per heavy atom. The lowest BCUT2D eigenvalue weighted by Crippen LogP contribution is -2.19. The van der Waals surface area contributed by atoms with Crippen LogP contribution in [0.15, 0.2) is 77.8 Å². The maximum atomic E-state index is 14.1. The number of aromatic nitrogens is 1. The molecule has 4 N–H and O–H groups in total. The smallest absolute Gasteiger partial charge is 0.446 e. The molecule has 8 nitrogen and oxygen atoms in total. The van der Waals surface area contributed by atoms with E-state index in [1.165, 1.54) is 47.2 Å². The first-order valence-electron chi connectivity index (χ1n) is 11.3. The van der Waals surface area contributed by atoms with Gasteiger partial charge in [-0.1, -0.05) is 18.2 Å². The lowest BCUT2D eigenvalue weighted by molar-refractivity contribution is -0.143. The van der Waals surface area contributed by atoms with E-state index < -0.39 is 29.2 Å². The van der Waals surface area contributed by atoms with Crippen LogP contribution in [0.25, 0.3) is 10.9 Å². The van der Waals surface area contributed by atoms with Crippen molar-refractivity contribution >= 4 is 64.4 Å². The third-order valence-corrected chi connectivity index (χ3v) is 6.12. The molecule has 0 fully saturated rings. The summed E-state index contributed by atoms with van der Waals surface area (Å²) in [5.74, 6) is -1.79. The second-order valence-corrected chi connectivity index (χ2v) is 9.19. The van der Waals surface area contributed by atoms with Gasteiger partial charge in [-0.05, 0) is 60.3 Å². The summed E-state index contributed by atoms with van der Waals surface area (Å²) in [6, 6.07) is 14.3. The fraction of sp³-hybridized carbons (Fsp3) is 0.115. The molecule has 0 atom stereocenters.